The van der Waals surface area contributed by atoms with Crippen LogP contribution in [0.15, 0.2) is 6.33 Å². The third-order valence-electron chi connectivity index (χ3n) is 2.20. The molecule has 0 saturated carbocycles. The predicted octanol–water partition coefficient (Wildman–Crippen LogP) is 1.75. The molecule has 0 aliphatic carbocycles. The van der Waals surface area contributed by atoms with Crippen LogP contribution in [-0.2, 0) is 4.74 Å². The van der Waals surface area contributed by atoms with Crippen molar-refractivity contribution < 1.29 is 9.47 Å². The molecule has 1 rings (SSSR count). The molecule has 0 spiro atoms. The van der Waals surface area contributed by atoms with E-state index in [4.69, 9.17) is 9.47 Å². The number of hydrogen-bond donors (Lipinski definition) is 2. The molecule has 0 fully saturated rings. The normalized spacial score (nSPS) is 10.5. The number of methoxy groups -OCH3 is 1. The SMILES string of the molecule is CCNc1ncnc(NCCOC(C)C)c1OC. The van der Waals surface area contributed by atoms with Crippen LogP contribution in [0.1, 0.15) is 20.8 Å². The van der Waals surface area contributed by atoms with Gasteiger partial charge in [-0.15, -0.1) is 0 Å². The summed E-state index contributed by atoms with van der Waals surface area (Å²) >= 11 is 0. The smallest absolute Gasteiger partial charge is 0.204 e. The van der Waals surface area contributed by atoms with Crippen molar-refractivity contribution >= 4 is 11.6 Å². The Morgan fingerprint density at radius 1 is 1.22 bits per heavy atom. The third-order valence-corrected chi connectivity index (χ3v) is 2.20. The molecule has 0 aliphatic rings. The van der Waals surface area contributed by atoms with Gasteiger partial charge in [0.05, 0.1) is 19.8 Å². The van der Waals surface area contributed by atoms with Gasteiger partial charge in [0.25, 0.3) is 0 Å². The predicted molar refractivity (Wildman–Crippen MR) is 72.3 cm³/mol. The van der Waals surface area contributed by atoms with Crippen molar-refractivity contribution in [2.75, 3.05) is 37.4 Å². The Balaban J connectivity index is 2.61. The van der Waals surface area contributed by atoms with E-state index in [0.717, 1.165) is 6.54 Å². The van der Waals surface area contributed by atoms with Gasteiger partial charge in [-0.2, -0.15) is 0 Å². The highest BCUT2D eigenvalue weighted by Gasteiger charge is 2.10. The second-order valence-electron chi connectivity index (χ2n) is 3.98. The molecule has 102 valence electrons. The number of nitrogens with zero attached hydrogens (tertiary/aromatic N) is 2. The third kappa shape index (κ3) is 4.37. The second kappa shape index (κ2) is 7.71. The Bertz CT molecular complexity index is 358. The quantitative estimate of drug-likeness (QED) is 0.689. The fraction of sp³-hybridized carbons (Fsp3) is 0.667. The molecule has 6 nitrogen and oxygen atoms in total. The summed E-state index contributed by atoms with van der Waals surface area (Å²) in [4.78, 5) is 8.30. The summed E-state index contributed by atoms with van der Waals surface area (Å²) in [7, 11) is 1.61. The molecule has 0 aliphatic heterocycles. The summed E-state index contributed by atoms with van der Waals surface area (Å²) in [6.07, 6.45) is 1.74. The maximum absolute atomic E-state index is 5.45. The molecular formula is C12H22N4O2. The zero-order chi connectivity index (χ0) is 13.4. The minimum atomic E-state index is 0.233. The highest BCUT2D eigenvalue weighted by Crippen LogP contribution is 2.28. The first-order valence-corrected chi connectivity index (χ1v) is 6.17. The molecule has 0 radical (unpaired) electrons. The fourth-order valence-electron chi connectivity index (χ4n) is 1.45. The van der Waals surface area contributed by atoms with Gasteiger partial charge in [-0.1, -0.05) is 0 Å². The lowest BCUT2D eigenvalue weighted by molar-refractivity contribution is 0.0870. The second-order valence-corrected chi connectivity index (χ2v) is 3.98. The molecule has 0 saturated heterocycles. The molecule has 2 N–H and O–H groups in total. The minimum Gasteiger partial charge on any atom is -0.490 e. The average molecular weight is 254 g/mol. The molecule has 6 heteroatoms. The average Bonchev–Trinajstić information content (AvgIpc) is 2.35. The van der Waals surface area contributed by atoms with Crippen molar-refractivity contribution in [2.45, 2.75) is 26.9 Å². The maximum atomic E-state index is 5.45. The Morgan fingerprint density at radius 2 is 1.89 bits per heavy atom. The van der Waals surface area contributed by atoms with Crippen molar-refractivity contribution in [3.8, 4) is 5.75 Å². The summed E-state index contributed by atoms with van der Waals surface area (Å²) < 4.78 is 10.8. The monoisotopic (exact) mass is 254 g/mol. The zero-order valence-corrected chi connectivity index (χ0v) is 11.5. The van der Waals surface area contributed by atoms with Gasteiger partial charge in [-0.25, -0.2) is 9.97 Å². The first kappa shape index (κ1) is 14.5. The van der Waals surface area contributed by atoms with Gasteiger partial charge in [0.15, 0.2) is 11.6 Å². The number of rotatable bonds is 8. The minimum absolute atomic E-state index is 0.233. The lowest BCUT2D eigenvalue weighted by Gasteiger charge is -2.14. The highest BCUT2D eigenvalue weighted by molar-refractivity contribution is 5.63. The number of hydrogen-bond acceptors (Lipinski definition) is 6. The van der Waals surface area contributed by atoms with Gasteiger partial charge in [0.1, 0.15) is 6.33 Å². The van der Waals surface area contributed by atoms with E-state index < -0.39 is 0 Å². The molecule has 0 unspecified atom stereocenters. The Labute approximate surface area is 108 Å². The Kier molecular flexibility index (Phi) is 6.21. The van der Waals surface area contributed by atoms with Crippen LogP contribution in [0.2, 0.25) is 0 Å². The van der Waals surface area contributed by atoms with E-state index in [0.29, 0.717) is 30.5 Å². The summed E-state index contributed by atoms with van der Waals surface area (Å²) in [5.41, 5.74) is 0. The van der Waals surface area contributed by atoms with Crippen LogP contribution in [0, 0.1) is 0 Å². The molecule has 18 heavy (non-hydrogen) atoms. The summed E-state index contributed by atoms with van der Waals surface area (Å²) in [5.74, 6) is 2.00. The van der Waals surface area contributed by atoms with E-state index in [2.05, 4.69) is 20.6 Å². The Hall–Kier alpha value is -1.56. The lowest BCUT2D eigenvalue weighted by Crippen LogP contribution is -2.15. The largest absolute Gasteiger partial charge is 0.490 e. The Morgan fingerprint density at radius 3 is 2.44 bits per heavy atom. The molecule has 0 atom stereocenters. The topological polar surface area (TPSA) is 68.3 Å². The molecule has 0 bridgehead atoms. The number of anilines is 2. The summed E-state index contributed by atoms with van der Waals surface area (Å²) in [6.45, 7) is 8.11. The van der Waals surface area contributed by atoms with E-state index in [9.17, 15) is 0 Å². The fourth-order valence-corrected chi connectivity index (χ4v) is 1.45. The van der Waals surface area contributed by atoms with E-state index in [1.54, 1.807) is 7.11 Å². The van der Waals surface area contributed by atoms with Crippen LogP contribution in [0.3, 0.4) is 0 Å². The van der Waals surface area contributed by atoms with Crippen LogP contribution < -0.4 is 15.4 Å². The molecule has 1 aromatic heterocycles. The summed E-state index contributed by atoms with van der Waals surface area (Å²) in [6, 6.07) is 0. The van der Waals surface area contributed by atoms with Gasteiger partial charge in [-0.05, 0) is 20.8 Å². The molecule has 0 amide bonds. The summed E-state index contributed by atoms with van der Waals surface area (Å²) in [5, 5.41) is 6.31. The number of nitrogens with one attached hydrogen (secondary N) is 2. The van der Waals surface area contributed by atoms with Gasteiger partial charge in [0.2, 0.25) is 5.75 Å². The van der Waals surface area contributed by atoms with Crippen molar-refractivity contribution in [1.29, 1.82) is 0 Å². The van der Waals surface area contributed by atoms with E-state index in [1.165, 1.54) is 6.33 Å². The van der Waals surface area contributed by atoms with Crippen molar-refractivity contribution in [1.82, 2.24) is 9.97 Å². The molecular weight excluding hydrogens is 232 g/mol. The van der Waals surface area contributed by atoms with Gasteiger partial charge >= 0.3 is 0 Å². The van der Waals surface area contributed by atoms with Crippen LogP contribution in [0.4, 0.5) is 11.6 Å². The van der Waals surface area contributed by atoms with Crippen LogP contribution in [0.5, 0.6) is 5.75 Å². The zero-order valence-electron chi connectivity index (χ0n) is 11.5. The number of aromatic nitrogens is 2. The molecule has 0 aromatic carbocycles. The maximum Gasteiger partial charge on any atom is 0.204 e. The van der Waals surface area contributed by atoms with E-state index in [1.807, 2.05) is 20.8 Å². The standard InChI is InChI=1S/C12H22N4O2/c1-5-13-11-10(17-4)12(16-8-15-11)14-6-7-18-9(2)3/h8-9H,5-7H2,1-4H3,(H2,13,14,15,16). The van der Waals surface area contributed by atoms with Gasteiger partial charge in [0, 0.05) is 13.1 Å². The highest BCUT2D eigenvalue weighted by atomic mass is 16.5. The first-order valence-electron chi connectivity index (χ1n) is 6.17. The van der Waals surface area contributed by atoms with Crippen molar-refractivity contribution in [3.05, 3.63) is 6.33 Å². The van der Waals surface area contributed by atoms with E-state index in [-0.39, 0.29) is 6.10 Å². The first-order chi connectivity index (χ1) is 8.69. The van der Waals surface area contributed by atoms with Crippen LogP contribution >= 0.6 is 0 Å². The molecule has 1 heterocycles. The van der Waals surface area contributed by atoms with Crippen molar-refractivity contribution in [2.24, 2.45) is 0 Å². The van der Waals surface area contributed by atoms with Gasteiger partial charge in [-0.3, -0.25) is 0 Å². The van der Waals surface area contributed by atoms with E-state index >= 15 is 0 Å². The number of ether oxygens (including phenoxy) is 2. The van der Waals surface area contributed by atoms with Crippen LogP contribution in [0.25, 0.3) is 0 Å². The van der Waals surface area contributed by atoms with Crippen LogP contribution in [-0.4, -0.2) is 42.9 Å². The molecule has 1 aromatic rings. The van der Waals surface area contributed by atoms with Gasteiger partial charge < -0.3 is 20.1 Å². The lowest BCUT2D eigenvalue weighted by atomic mass is 10.4. The van der Waals surface area contributed by atoms with Crippen molar-refractivity contribution in [3.63, 3.8) is 0 Å².